The summed E-state index contributed by atoms with van der Waals surface area (Å²) in [5.41, 5.74) is 4.79. The van der Waals surface area contributed by atoms with Gasteiger partial charge in [-0.25, -0.2) is 5.01 Å². The molecule has 3 rings (SSSR count). The summed E-state index contributed by atoms with van der Waals surface area (Å²) >= 11 is 0. The van der Waals surface area contributed by atoms with Crippen LogP contribution in [0.15, 0.2) is 60.7 Å². The maximum absolute atomic E-state index is 12.8. The van der Waals surface area contributed by atoms with Crippen molar-refractivity contribution in [2.45, 2.75) is 26.4 Å². The number of hydrazine groups is 1. The quantitative estimate of drug-likeness (QED) is 0.443. The summed E-state index contributed by atoms with van der Waals surface area (Å²) in [6.45, 7) is 7.67. The molecule has 0 unspecified atom stereocenters. The molecule has 1 fully saturated rings. The van der Waals surface area contributed by atoms with E-state index in [0.29, 0.717) is 29.2 Å². The van der Waals surface area contributed by atoms with Crippen molar-refractivity contribution in [1.29, 1.82) is 0 Å². The Kier molecular flexibility index (Phi) is 6.02. The molecule has 0 atom stereocenters. The van der Waals surface area contributed by atoms with Gasteiger partial charge in [0, 0.05) is 5.56 Å². The number of anilines is 1. The normalized spacial score (nSPS) is 15.0. The summed E-state index contributed by atoms with van der Waals surface area (Å²) in [7, 11) is 1.56. The lowest BCUT2D eigenvalue weighted by Crippen LogP contribution is -2.35. The Morgan fingerprint density at radius 1 is 1.17 bits per heavy atom. The number of benzene rings is 2. The molecule has 1 aliphatic heterocycles. The van der Waals surface area contributed by atoms with Gasteiger partial charge < -0.3 is 9.47 Å². The molecule has 2 aromatic rings. The smallest absolute Gasteiger partial charge is 0.282 e. The van der Waals surface area contributed by atoms with Crippen LogP contribution in [0.3, 0.4) is 0 Å². The van der Waals surface area contributed by atoms with Crippen LogP contribution in [-0.2, 0) is 16.0 Å². The monoisotopic (exact) mass is 392 g/mol. The number of amides is 2. The van der Waals surface area contributed by atoms with Gasteiger partial charge in [-0.1, -0.05) is 24.3 Å². The Bertz CT molecular complexity index is 964. The lowest BCUT2D eigenvalue weighted by Gasteiger charge is -2.18. The first-order valence-corrected chi connectivity index (χ1v) is 9.35. The molecule has 0 bridgehead atoms. The molecule has 0 aromatic heterocycles. The van der Waals surface area contributed by atoms with Crippen LogP contribution in [-0.4, -0.2) is 25.0 Å². The maximum Gasteiger partial charge on any atom is 0.282 e. The minimum atomic E-state index is -0.453. The predicted octanol–water partition coefficient (Wildman–Crippen LogP) is 3.67. The van der Waals surface area contributed by atoms with Crippen molar-refractivity contribution in [1.82, 2.24) is 5.43 Å². The fraction of sp³-hybridized carbons (Fsp3) is 0.217. The van der Waals surface area contributed by atoms with Gasteiger partial charge in [-0.2, -0.15) is 0 Å². The lowest BCUT2D eigenvalue weighted by atomic mass is 10.0. The van der Waals surface area contributed by atoms with Crippen molar-refractivity contribution in [3.63, 3.8) is 0 Å². The average molecular weight is 392 g/mol. The third-order valence-electron chi connectivity index (χ3n) is 4.31. The van der Waals surface area contributed by atoms with Crippen molar-refractivity contribution < 1.29 is 19.1 Å². The van der Waals surface area contributed by atoms with Crippen molar-refractivity contribution in [2.24, 2.45) is 0 Å². The SMILES string of the molecule is C=CCc1cc(/C=C2/C(=O)NN(c3ccccc3)C2=O)cc(OC)c1OC(C)C. The van der Waals surface area contributed by atoms with E-state index in [2.05, 4.69) is 12.0 Å². The van der Waals surface area contributed by atoms with E-state index in [-0.39, 0.29) is 11.7 Å². The molecule has 0 radical (unpaired) electrons. The number of carbonyl (C=O) groups excluding carboxylic acids is 2. The van der Waals surface area contributed by atoms with E-state index in [0.717, 1.165) is 5.56 Å². The minimum Gasteiger partial charge on any atom is -0.493 e. The number of ether oxygens (including phenoxy) is 2. The molecule has 1 saturated heterocycles. The Labute approximate surface area is 170 Å². The van der Waals surface area contributed by atoms with Gasteiger partial charge in [-0.05, 0) is 56.2 Å². The summed E-state index contributed by atoms with van der Waals surface area (Å²) in [6.07, 6.45) is 3.86. The largest absolute Gasteiger partial charge is 0.493 e. The third kappa shape index (κ3) is 4.32. The van der Waals surface area contributed by atoms with Gasteiger partial charge in [0.2, 0.25) is 0 Å². The number of para-hydroxylation sites is 1. The first-order valence-electron chi connectivity index (χ1n) is 9.35. The standard InChI is InChI=1S/C23H24N2O4/c1-5-9-17-12-16(14-20(28-4)21(17)29-15(2)3)13-19-22(26)24-25(23(19)27)18-10-7-6-8-11-18/h5-8,10-15H,1,9H2,2-4H3,(H,24,26)/b19-13-. The van der Waals surface area contributed by atoms with Crippen molar-refractivity contribution in [2.75, 3.05) is 12.1 Å². The first-order chi connectivity index (χ1) is 13.9. The Morgan fingerprint density at radius 3 is 2.52 bits per heavy atom. The summed E-state index contributed by atoms with van der Waals surface area (Å²) in [6, 6.07) is 12.6. The van der Waals surface area contributed by atoms with Crippen LogP contribution in [0.1, 0.15) is 25.0 Å². The van der Waals surface area contributed by atoms with Gasteiger partial charge in [0.15, 0.2) is 11.5 Å². The van der Waals surface area contributed by atoms with Crippen LogP contribution in [0, 0.1) is 0 Å². The number of nitrogens with zero attached hydrogens (tertiary/aromatic N) is 1. The van der Waals surface area contributed by atoms with E-state index in [9.17, 15) is 9.59 Å². The third-order valence-corrected chi connectivity index (χ3v) is 4.31. The number of nitrogens with one attached hydrogen (secondary N) is 1. The highest BCUT2D eigenvalue weighted by molar-refractivity contribution is 6.31. The molecule has 2 amide bonds. The minimum absolute atomic E-state index is 0.0294. The van der Waals surface area contributed by atoms with Gasteiger partial charge in [0.1, 0.15) is 5.57 Å². The highest BCUT2D eigenvalue weighted by atomic mass is 16.5. The van der Waals surface area contributed by atoms with Crippen LogP contribution in [0.25, 0.3) is 6.08 Å². The van der Waals surface area contributed by atoms with Crippen LogP contribution < -0.4 is 19.9 Å². The second-order valence-corrected chi connectivity index (χ2v) is 6.85. The molecule has 29 heavy (non-hydrogen) atoms. The highest BCUT2D eigenvalue weighted by Gasteiger charge is 2.34. The van der Waals surface area contributed by atoms with E-state index in [4.69, 9.17) is 9.47 Å². The van der Waals surface area contributed by atoms with E-state index in [1.165, 1.54) is 5.01 Å². The van der Waals surface area contributed by atoms with E-state index in [1.54, 1.807) is 49.6 Å². The maximum atomic E-state index is 12.8. The van der Waals surface area contributed by atoms with E-state index in [1.807, 2.05) is 26.0 Å². The second-order valence-electron chi connectivity index (χ2n) is 6.85. The molecule has 0 spiro atoms. The molecule has 1 aliphatic rings. The Hall–Kier alpha value is -3.54. The van der Waals surface area contributed by atoms with Gasteiger partial charge in [0.05, 0.1) is 18.9 Å². The number of rotatable bonds is 7. The Balaban J connectivity index is 2.01. The summed E-state index contributed by atoms with van der Waals surface area (Å²) in [5, 5.41) is 1.24. The summed E-state index contributed by atoms with van der Waals surface area (Å²) in [4.78, 5) is 25.2. The zero-order valence-corrected chi connectivity index (χ0v) is 16.8. The van der Waals surface area contributed by atoms with Crippen molar-refractivity contribution in [3.8, 4) is 11.5 Å². The first kappa shape index (κ1) is 20.2. The van der Waals surface area contributed by atoms with Crippen LogP contribution in [0.5, 0.6) is 11.5 Å². The van der Waals surface area contributed by atoms with Gasteiger partial charge in [-0.15, -0.1) is 6.58 Å². The molecule has 6 nitrogen and oxygen atoms in total. The van der Waals surface area contributed by atoms with E-state index < -0.39 is 11.8 Å². The van der Waals surface area contributed by atoms with Gasteiger partial charge >= 0.3 is 0 Å². The molecule has 2 aromatic carbocycles. The van der Waals surface area contributed by atoms with Crippen LogP contribution in [0.4, 0.5) is 5.69 Å². The molecule has 1 N–H and O–H groups in total. The highest BCUT2D eigenvalue weighted by Crippen LogP contribution is 2.35. The summed E-state index contributed by atoms with van der Waals surface area (Å²) < 4.78 is 11.4. The topological polar surface area (TPSA) is 67.9 Å². The summed E-state index contributed by atoms with van der Waals surface area (Å²) in [5.74, 6) is 0.312. The number of methoxy groups -OCH3 is 1. The Morgan fingerprint density at radius 2 is 1.90 bits per heavy atom. The molecule has 1 heterocycles. The average Bonchev–Trinajstić information content (AvgIpc) is 2.98. The fourth-order valence-electron chi connectivity index (χ4n) is 3.08. The molecule has 0 aliphatic carbocycles. The molecule has 150 valence electrons. The lowest BCUT2D eigenvalue weighted by molar-refractivity contribution is -0.117. The van der Waals surface area contributed by atoms with Crippen molar-refractivity contribution >= 4 is 23.6 Å². The number of allylic oxidation sites excluding steroid dienone is 1. The zero-order chi connectivity index (χ0) is 21.0. The molecular weight excluding hydrogens is 368 g/mol. The second kappa shape index (κ2) is 8.65. The van der Waals surface area contributed by atoms with Gasteiger partial charge in [-0.3, -0.25) is 15.0 Å². The number of carbonyl (C=O) groups is 2. The molecular formula is C23H24N2O4. The zero-order valence-electron chi connectivity index (χ0n) is 16.8. The van der Waals surface area contributed by atoms with Gasteiger partial charge in [0.25, 0.3) is 11.8 Å². The van der Waals surface area contributed by atoms with Crippen molar-refractivity contribution in [3.05, 3.63) is 71.8 Å². The van der Waals surface area contributed by atoms with Crippen LogP contribution in [0.2, 0.25) is 0 Å². The molecule has 0 saturated carbocycles. The number of hydrogen-bond acceptors (Lipinski definition) is 4. The number of hydrogen-bond donors (Lipinski definition) is 1. The van der Waals surface area contributed by atoms with E-state index >= 15 is 0 Å². The van der Waals surface area contributed by atoms with Crippen LogP contribution >= 0.6 is 0 Å². The predicted molar refractivity (Wildman–Crippen MR) is 113 cm³/mol. The fourth-order valence-corrected chi connectivity index (χ4v) is 3.08. The molecule has 6 heteroatoms.